The Hall–Kier alpha value is -2.01. The van der Waals surface area contributed by atoms with Gasteiger partial charge in [-0.3, -0.25) is 0 Å². The number of rotatable bonds is 1. The van der Waals surface area contributed by atoms with Gasteiger partial charge in [0.05, 0.1) is 0 Å². The predicted octanol–water partition coefficient (Wildman–Crippen LogP) is 3.08. The number of hydrogen-bond acceptors (Lipinski definition) is 4. The lowest BCUT2D eigenvalue weighted by Gasteiger charge is -1.93. The van der Waals surface area contributed by atoms with E-state index in [4.69, 9.17) is 16.0 Å². The van der Waals surface area contributed by atoms with Crippen LogP contribution >= 0.6 is 11.6 Å². The average molecular weight is 250 g/mol. The number of fused-ring (bicyclic) bond motifs is 1. The highest BCUT2D eigenvalue weighted by molar-refractivity contribution is 6.33. The third-order valence-corrected chi connectivity index (χ3v) is 2.52. The Morgan fingerprint density at radius 1 is 1.12 bits per heavy atom. The molecule has 0 fully saturated rings. The molecule has 0 unspecified atom stereocenters. The molecule has 2 heterocycles. The van der Waals surface area contributed by atoms with Gasteiger partial charge in [-0.1, -0.05) is 11.6 Å². The van der Waals surface area contributed by atoms with E-state index in [1.54, 1.807) is 12.1 Å². The van der Waals surface area contributed by atoms with Gasteiger partial charge in [0.25, 0.3) is 5.71 Å². The summed E-state index contributed by atoms with van der Waals surface area (Å²) >= 11 is 5.85. The van der Waals surface area contributed by atoms with Gasteiger partial charge >= 0.3 is 0 Å². The van der Waals surface area contributed by atoms with Crippen LogP contribution in [-0.4, -0.2) is 15.0 Å². The lowest BCUT2D eigenvalue weighted by Crippen LogP contribution is -1.80. The van der Waals surface area contributed by atoms with Crippen molar-refractivity contribution in [3.05, 3.63) is 41.6 Å². The molecule has 0 amide bonds. The fourth-order valence-corrected chi connectivity index (χ4v) is 1.61. The minimum absolute atomic E-state index is 0.229. The molecule has 4 nitrogen and oxygen atoms in total. The quantitative estimate of drug-likeness (QED) is 0.622. The van der Waals surface area contributed by atoms with Crippen molar-refractivity contribution in [1.29, 1.82) is 0 Å². The second-order valence-corrected chi connectivity index (χ2v) is 3.70. The maximum absolute atomic E-state index is 12.8. The molecule has 0 aliphatic rings. The van der Waals surface area contributed by atoms with Gasteiger partial charge in [-0.25, -0.2) is 14.4 Å². The number of hydrogen-bond donors (Lipinski definition) is 0. The molecule has 0 N–H and O–H groups in total. The van der Waals surface area contributed by atoms with Crippen molar-refractivity contribution < 1.29 is 8.81 Å². The summed E-state index contributed by atoms with van der Waals surface area (Å²) in [7, 11) is 0. The van der Waals surface area contributed by atoms with E-state index in [1.165, 1.54) is 18.5 Å². The first kappa shape index (κ1) is 10.2. The van der Waals surface area contributed by atoms with Crippen LogP contribution < -0.4 is 0 Å². The Labute approximate surface area is 100 Å². The summed E-state index contributed by atoms with van der Waals surface area (Å²) in [6.45, 7) is 0. The van der Waals surface area contributed by atoms with Crippen LogP contribution in [0.4, 0.5) is 4.39 Å². The molecule has 17 heavy (non-hydrogen) atoms. The minimum Gasteiger partial charge on any atom is -0.417 e. The zero-order chi connectivity index (χ0) is 11.8. The Balaban J connectivity index is 2.18. The molecule has 0 aliphatic carbocycles. The number of oxazole rings is 1. The van der Waals surface area contributed by atoms with Crippen molar-refractivity contribution in [1.82, 2.24) is 15.0 Å². The summed E-state index contributed by atoms with van der Waals surface area (Å²) in [6, 6.07) is 5.80. The Morgan fingerprint density at radius 3 is 2.59 bits per heavy atom. The fourth-order valence-electron chi connectivity index (χ4n) is 1.44. The SMILES string of the molecule is Fc1ccc(-c2nc3c(Cl)ncnc3o2)cc1. The molecule has 0 bridgehead atoms. The smallest absolute Gasteiger partial charge is 0.252 e. The number of benzene rings is 1. The molecule has 3 rings (SSSR count). The van der Waals surface area contributed by atoms with Crippen LogP contribution in [0, 0.1) is 5.82 Å². The molecule has 3 aromatic rings. The van der Waals surface area contributed by atoms with E-state index >= 15 is 0 Å². The molecule has 0 aliphatic heterocycles. The number of nitrogens with zero attached hydrogens (tertiary/aromatic N) is 3. The molecule has 0 spiro atoms. The van der Waals surface area contributed by atoms with Crippen LogP contribution in [0.2, 0.25) is 5.15 Å². The van der Waals surface area contributed by atoms with Crippen LogP contribution in [0.3, 0.4) is 0 Å². The second kappa shape index (κ2) is 3.78. The molecule has 1 aromatic carbocycles. The molecule has 6 heteroatoms. The molecular formula is C11H5ClFN3O. The van der Waals surface area contributed by atoms with Crippen molar-refractivity contribution in [3.63, 3.8) is 0 Å². The van der Waals surface area contributed by atoms with Crippen molar-refractivity contribution in [3.8, 4) is 11.5 Å². The first-order valence-electron chi connectivity index (χ1n) is 4.77. The van der Waals surface area contributed by atoms with E-state index in [0.29, 0.717) is 22.7 Å². The Bertz CT molecular complexity index is 681. The average Bonchev–Trinajstić information content (AvgIpc) is 2.75. The summed E-state index contributed by atoms with van der Waals surface area (Å²) in [5.41, 5.74) is 1.36. The molecule has 84 valence electrons. The molecule has 0 saturated carbocycles. The monoisotopic (exact) mass is 249 g/mol. The second-order valence-electron chi connectivity index (χ2n) is 3.34. The lowest BCUT2D eigenvalue weighted by molar-refractivity contribution is 0.605. The van der Waals surface area contributed by atoms with Crippen molar-refractivity contribution in [2.24, 2.45) is 0 Å². The highest BCUT2D eigenvalue weighted by Gasteiger charge is 2.12. The first-order valence-corrected chi connectivity index (χ1v) is 5.15. The van der Waals surface area contributed by atoms with Crippen LogP contribution in [-0.2, 0) is 0 Å². The third kappa shape index (κ3) is 1.74. The van der Waals surface area contributed by atoms with Crippen molar-refractivity contribution in [2.75, 3.05) is 0 Å². The Kier molecular flexibility index (Phi) is 2.26. The zero-order valence-corrected chi connectivity index (χ0v) is 9.15. The van der Waals surface area contributed by atoms with Gasteiger partial charge in [-0.2, -0.15) is 4.98 Å². The summed E-state index contributed by atoms with van der Waals surface area (Å²) in [5.74, 6) is 0.0186. The summed E-state index contributed by atoms with van der Waals surface area (Å²) in [6.07, 6.45) is 1.30. The molecule has 0 radical (unpaired) electrons. The van der Waals surface area contributed by atoms with E-state index in [2.05, 4.69) is 15.0 Å². The van der Waals surface area contributed by atoms with Gasteiger partial charge in [0.15, 0.2) is 10.7 Å². The number of aromatic nitrogens is 3. The van der Waals surface area contributed by atoms with Gasteiger partial charge in [0.1, 0.15) is 12.1 Å². The third-order valence-electron chi connectivity index (χ3n) is 2.24. The van der Waals surface area contributed by atoms with Crippen LogP contribution in [0.15, 0.2) is 35.0 Å². The first-order chi connectivity index (χ1) is 8.24. The molecule has 2 aromatic heterocycles. The van der Waals surface area contributed by atoms with Gasteiger partial charge in [-0.05, 0) is 24.3 Å². The predicted molar refractivity (Wildman–Crippen MR) is 60.0 cm³/mol. The molecule has 0 saturated heterocycles. The standard InChI is InChI=1S/C11H5ClFN3O/c12-9-8-11(15-5-14-9)17-10(16-8)6-1-3-7(13)4-2-6/h1-5H. The van der Waals surface area contributed by atoms with Gasteiger partial charge in [-0.15, -0.1) is 0 Å². The largest absolute Gasteiger partial charge is 0.417 e. The van der Waals surface area contributed by atoms with Gasteiger partial charge < -0.3 is 4.42 Å². The number of halogens is 2. The maximum atomic E-state index is 12.8. The summed E-state index contributed by atoms with van der Waals surface area (Å²) in [5, 5.41) is 0.229. The van der Waals surface area contributed by atoms with Crippen LogP contribution in [0.1, 0.15) is 0 Å². The summed E-state index contributed by atoms with van der Waals surface area (Å²) in [4.78, 5) is 11.9. The zero-order valence-electron chi connectivity index (χ0n) is 8.39. The van der Waals surface area contributed by atoms with Gasteiger partial charge in [0.2, 0.25) is 5.89 Å². The van der Waals surface area contributed by atoms with Crippen molar-refractivity contribution in [2.45, 2.75) is 0 Å². The van der Waals surface area contributed by atoms with E-state index in [9.17, 15) is 4.39 Å². The molecular weight excluding hydrogens is 245 g/mol. The highest BCUT2D eigenvalue weighted by atomic mass is 35.5. The minimum atomic E-state index is -0.317. The normalized spacial score (nSPS) is 10.9. The van der Waals surface area contributed by atoms with Crippen molar-refractivity contribution >= 4 is 22.8 Å². The van der Waals surface area contributed by atoms with Gasteiger partial charge in [0, 0.05) is 5.56 Å². The topological polar surface area (TPSA) is 51.8 Å². The van der Waals surface area contributed by atoms with Crippen LogP contribution in [0.5, 0.6) is 0 Å². The lowest BCUT2D eigenvalue weighted by atomic mass is 10.2. The Morgan fingerprint density at radius 2 is 1.88 bits per heavy atom. The summed E-state index contributed by atoms with van der Waals surface area (Å²) < 4.78 is 18.2. The van der Waals surface area contributed by atoms with E-state index in [-0.39, 0.29) is 11.0 Å². The van der Waals surface area contributed by atoms with E-state index < -0.39 is 0 Å². The fraction of sp³-hybridized carbons (Fsp3) is 0. The van der Waals surface area contributed by atoms with E-state index in [1.807, 2.05) is 0 Å². The molecule has 0 atom stereocenters. The van der Waals surface area contributed by atoms with Crippen LogP contribution in [0.25, 0.3) is 22.7 Å². The van der Waals surface area contributed by atoms with E-state index in [0.717, 1.165) is 0 Å². The maximum Gasteiger partial charge on any atom is 0.252 e. The highest BCUT2D eigenvalue weighted by Crippen LogP contribution is 2.25.